The Bertz CT molecular complexity index is 1520. The Morgan fingerprint density at radius 1 is 0.974 bits per heavy atom. The highest BCUT2D eigenvalue weighted by atomic mass is 32.2. The number of sulfone groups is 1. The van der Waals surface area contributed by atoms with Gasteiger partial charge in [-0.05, 0) is 85.9 Å². The molecule has 2 atom stereocenters. The number of ketones is 1. The van der Waals surface area contributed by atoms with E-state index in [-0.39, 0.29) is 34.9 Å². The first-order chi connectivity index (χ1) is 18.5. The minimum absolute atomic E-state index is 0.0297. The van der Waals surface area contributed by atoms with Crippen LogP contribution in [-0.4, -0.2) is 34.4 Å². The number of pyridine rings is 1. The molecule has 2 heterocycles. The van der Waals surface area contributed by atoms with Gasteiger partial charge in [0.05, 0.1) is 15.8 Å². The first-order valence-corrected chi connectivity index (χ1v) is 14.5. The Hall–Kier alpha value is -3.21. The van der Waals surface area contributed by atoms with Crippen molar-refractivity contribution in [3.63, 3.8) is 0 Å². The summed E-state index contributed by atoms with van der Waals surface area (Å²) < 4.78 is 78.9. The molecule has 0 saturated heterocycles. The molecule has 0 radical (unpaired) electrons. The standard InChI is InChI=1S/C28H25F4N3O3S/c29-20-4-6-21(7-5-20)39(37,38)26-18-11-17(12-18)25(26)24(36)8-1-15-9-22(16-2-3-16)35-23(10-15)19-13-33-27(34-14-19)28(30,31)32/h4-7,9-10,13-14,16-18,25-26H,1-3,8,11-12H2/t17?,18?,25-,26?/m0/s1. The van der Waals surface area contributed by atoms with E-state index < -0.39 is 38.8 Å². The zero-order valence-corrected chi connectivity index (χ0v) is 21.6. The number of hydrogen-bond donors (Lipinski definition) is 0. The van der Waals surface area contributed by atoms with Crippen LogP contribution < -0.4 is 0 Å². The van der Waals surface area contributed by atoms with Crippen molar-refractivity contribution in [2.45, 2.75) is 60.8 Å². The monoisotopic (exact) mass is 559 g/mol. The van der Waals surface area contributed by atoms with Gasteiger partial charge < -0.3 is 0 Å². The Labute approximate surface area is 222 Å². The Morgan fingerprint density at radius 2 is 1.64 bits per heavy atom. The van der Waals surface area contributed by atoms with E-state index in [2.05, 4.69) is 15.0 Å². The maximum Gasteiger partial charge on any atom is 0.451 e. The molecule has 3 aromatic rings. The second-order valence-corrected chi connectivity index (χ2v) is 12.9. The molecule has 1 aromatic carbocycles. The lowest BCUT2D eigenvalue weighted by Gasteiger charge is -2.24. The number of aryl methyl sites for hydroxylation is 1. The van der Waals surface area contributed by atoms with Crippen LogP contribution in [0.4, 0.5) is 17.6 Å². The lowest BCUT2D eigenvalue weighted by Crippen LogP contribution is -2.32. The van der Waals surface area contributed by atoms with E-state index in [0.29, 0.717) is 30.5 Å². The molecule has 204 valence electrons. The molecular weight excluding hydrogens is 534 g/mol. The summed E-state index contributed by atoms with van der Waals surface area (Å²) in [6.07, 6.45) is 1.37. The van der Waals surface area contributed by atoms with Gasteiger partial charge in [-0.1, -0.05) is 0 Å². The third-order valence-corrected chi connectivity index (χ3v) is 10.5. The van der Waals surface area contributed by atoms with E-state index in [0.717, 1.165) is 48.6 Å². The van der Waals surface area contributed by atoms with Gasteiger partial charge in [-0.2, -0.15) is 13.2 Å². The Kier molecular flexibility index (Phi) is 6.32. The molecule has 4 fully saturated rings. The molecule has 4 aliphatic rings. The molecule has 0 amide bonds. The Balaban J connectivity index is 1.22. The van der Waals surface area contributed by atoms with Crippen molar-refractivity contribution >= 4 is 15.6 Å². The normalized spacial score (nSPS) is 24.4. The molecule has 0 N–H and O–H groups in total. The molecule has 1 unspecified atom stereocenters. The smallest absolute Gasteiger partial charge is 0.299 e. The van der Waals surface area contributed by atoms with Gasteiger partial charge in [0.15, 0.2) is 9.84 Å². The molecule has 2 aromatic heterocycles. The SMILES string of the molecule is O=C(CCc1cc(-c2cnc(C(F)(F)F)nc2)nc(C2CC2)c1)[C@@H]1C2CC(C2)C1S(=O)(=O)c1ccc(F)cc1. The number of benzene rings is 1. The highest BCUT2D eigenvalue weighted by Gasteiger charge is 2.59. The van der Waals surface area contributed by atoms with Crippen molar-refractivity contribution < 1.29 is 30.8 Å². The number of Topliss-reactive ketones (excluding diaryl/α,β-unsaturated/α-hetero) is 1. The lowest BCUT2D eigenvalue weighted by atomic mass is 9.81. The molecule has 7 rings (SSSR count). The lowest BCUT2D eigenvalue weighted by molar-refractivity contribution is -0.145. The Morgan fingerprint density at radius 3 is 2.26 bits per heavy atom. The summed E-state index contributed by atoms with van der Waals surface area (Å²) in [6, 6.07) is 8.38. The number of hydrogen-bond acceptors (Lipinski definition) is 6. The minimum Gasteiger partial charge on any atom is -0.299 e. The van der Waals surface area contributed by atoms with Crippen LogP contribution in [0.1, 0.15) is 55.1 Å². The molecule has 2 bridgehead atoms. The van der Waals surface area contributed by atoms with Crippen molar-refractivity contribution in [3.05, 3.63) is 71.7 Å². The number of carbonyl (C=O) groups excluding carboxylic acids is 1. The summed E-state index contributed by atoms with van der Waals surface area (Å²) >= 11 is 0. The summed E-state index contributed by atoms with van der Waals surface area (Å²) in [5.74, 6) is -2.24. The fourth-order valence-corrected chi connectivity index (χ4v) is 8.36. The highest BCUT2D eigenvalue weighted by Crippen LogP contribution is 2.56. The van der Waals surface area contributed by atoms with Crippen LogP contribution >= 0.6 is 0 Å². The van der Waals surface area contributed by atoms with Gasteiger partial charge in [0.2, 0.25) is 5.82 Å². The van der Waals surface area contributed by atoms with Gasteiger partial charge in [-0.3, -0.25) is 9.78 Å². The predicted molar refractivity (Wildman–Crippen MR) is 133 cm³/mol. The average Bonchev–Trinajstić information content (AvgIpc) is 3.56. The zero-order valence-electron chi connectivity index (χ0n) is 20.7. The number of alkyl halides is 3. The van der Waals surface area contributed by atoms with Crippen LogP contribution in [0.3, 0.4) is 0 Å². The minimum atomic E-state index is -4.64. The number of rotatable bonds is 8. The van der Waals surface area contributed by atoms with Crippen molar-refractivity contribution in [3.8, 4) is 11.3 Å². The highest BCUT2D eigenvalue weighted by molar-refractivity contribution is 7.92. The van der Waals surface area contributed by atoms with E-state index >= 15 is 0 Å². The van der Waals surface area contributed by atoms with E-state index in [1.165, 1.54) is 12.1 Å². The number of fused-ring (bicyclic) bond motifs is 1. The number of nitrogens with zero attached hydrogens (tertiary/aromatic N) is 3. The molecule has 6 nitrogen and oxygen atoms in total. The van der Waals surface area contributed by atoms with Crippen molar-refractivity contribution in [2.75, 3.05) is 0 Å². The maximum atomic E-state index is 13.4. The molecule has 0 aliphatic heterocycles. The van der Waals surface area contributed by atoms with Crippen LogP contribution in [0.25, 0.3) is 11.3 Å². The third kappa shape index (κ3) is 4.97. The number of halogens is 4. The number of carbonyl (C=O) groups is 1. The van der Waals surface area contributed by atoms with Crippen LogP contribution in [0, 0.1) is 23.6 Å². The van der Waals surface area contributed by atoms with Gasteiger partial charge in [-0.25, -0.2) is 22.8 Å². The first kappa shape index (κ1) is 26.0. The van der Waals surface area contributed by atoms with Gasteiger partial charge in [0.1, 0.15) is 11.6 Å². The number of aromatic nitrogens is 3. The van der Waals surface area contributed by atoms with Crippen LogP contribution in [0.5, 0.6) is 0 Å². The second-order valence-electron chi connectivity index (χ2n) is 10.8. The summed E-state index contributed by atoms with van der Waals surface area (Å²) in [7, 11) is -3.80. The largest absolute Gasteiger partial charge is 0.451 e. The summed E-state index contributed by atoms with van der Waals surface area (Å²) in [6.45, 7) is 0. The molecule has 11 heteroatoms. The molecule has 0 spiro atoms. The predicted octanol–water partition coefficient (Wildman–Crippen LogP) is 5.57. The maximum absolute atomic E-state index is 13.4. The third-order valence-electron chi connectivity index (χ3n) is 8.17. The summed E-state index contributed by atoms with van der Waals surface area (Å²) in [4.78, 5) is 25.0. The van der Waals surface area contributed by atoms with Gasteiger partial charge in [0.25, 0.3) is 0 Å². The van der Waals surface area contributed by atoms with Crippen LogP contribution in [-0.2, 0) is 27.2 Å². The first-order valence-electron chi connectivity index (χ1n) is 12.9. The van der Waals surface area contributed by atoms with Gasteiger partial charge in [-0.15, -0.1) is 0 Å². The van der Waals surface area contributed by atoms with Crippen molar-refractivity contribution in [2.24, 2.45) is 17.8 Å². The zero-order chi connectivity index (χ0) is 27.5. The average molecular weight is 560 g/mol. The molecular formula is C28H25F4N3O3S. The van der Waals surface area contributed by atoms with E-state index in [4.69, 9.17) is 0 Å². The molecule has 4 aliphatic carbocycles. The molecule has 4 saturated carbocycles. The van der Waals surface area contributed by atoms with Gasteiger partial charge >= 0.3 is 6.18 Å². The van der Waals surface area contributed by atoms with Gasteiger partial charge in [0, 0.05) is 41.9 Å². The summed E-state index contributed by atoms with van der Waals surface area (Å²) in [5, 5.41) is -0.806. The van der Waals surface area contributed by atoms with E-state index in [1.54, 1.807) is 6.07 Å². The fraction of sp³-hybridized carbons (Fsp3) is 0.429. The fourth-order valence-electron chi connectivity index (χ4n) is 6.04. The van der Waals surface area contributed by atoms with E-state index in [1.807, 2.05) is 6.07 Å². The summed E-state index contributed by atoms with van der Waals surface area (Å²) in [5.41, 5.74) is 2.41. The van der Waals surface area contributed by atoms with E-state index in [9.17, 15) is 30.8 Å². The topological polar surface area (TPSA) is 89.9 Å². The molecule has 39 heavy (non-hydrogen) atoms. The second kappa shape index (κ2) is 9.46. The van der Waals surface area contributed by atoms with Crippen molar-refractivity contribution in [1.82, 2.24) is 15.0 Å². The van der Waals surface area contributed by atoms with Crippen LogP contribution in [0.2, 0.25) is 0 Å². The quantitative estimate of drug-likeness (QED) is 0.265. The van der Waals surface area contributed by atoms with Crippen molar-refractivity contribution in [1.29, 1.82) is 0 Å². The van der Waals surface area contributed by atoms with Crippen LogP contribution in [0.15, 0.2) is 53.7 Å².